The highest BCUT2D eigenvalue weighted by atomic mass is 16.7. The predicted molar refractivity (Wildman–Crippen MR) is 56.4 cm³/mol. The fraction of sp³-hybridized carbons (Fsp3) is 0.0909. The monoisotopic (exact) mass is 203 g/mol. The van der Waals surface area contributed by atoms with E-state index in [1.807, 2.05) is 30.3 Å². The molecule has 2 rings (SSSR count). The third kappa shape index (κ3) is 2.22. The van der Waals surface area contributed by atoms with Crippen molar-refractivity contribution in [2.24, 2.45) is 0 Å². The molecule has 0 saturated heterocycles. The van der Waals surface area contributed by atoms with Crippen molar-refractivity contribution in [2.75, 3.05) is 6.73 Å². The normalized spacial score (nSPS) is 10.1. The summed E-state index contributed by atoms with van der Waals surface area (Å²) in [4.78, 5) is 9.61. The molecule has 0 spiro atoms. The highest BCUT2D eigenvalue weighted by Gasteiger charge is 2.00. The van der Waals surface area contributed by atoms with Gasteiger partial charge in [0.25, 0.3) is 0 Å². The van der Waals surface area contributed by atoms with Crippen LogP contribution in [0.25, 0.3) is 10.8 Å². The summed E-state index contributed by atoms with van der Waals surface area (Å²) in [6, 6.07) is 13.2. The lowest BCUT2D eigenvalue weighted by atomic mass is 10.1. The molecule has 4 nitrogen and oxygen atoms in total. The van der Waals surface area contributed by atoms with Crippen molar-refractivity contribution in [1.29, 1.82) is 0 Å². The second-order valence-electron chi connectivity index (χ2n) is 3.12. The Bertz CT molecular complexity index is 496. The first-order chi connectivity index (χ1) is 7.25. The lowest BCUT2D eigenvalue weighted by Gasteiger charge is -2.02. The number of hydrogen-bond donors (Lipinski definition) is 0. The van der Waals surface area contributed by atoms with Gasteiger partial charge in [-0.2, -0.15) is 0 Å². The number of rotatable bonds is 3. The number of benzene rings is 2. The van der Waals surface area contributed by atoms with E-state index in [1.165, 1.54) is 0 Å². The molecule has 0 saturated carbocycles. The smallest absolute Gasteiger partial charge is 0.344 e. The Balaban J connectivity index is 2.26. The van der Waals surface area contributed by atoms with Gasteiger partial charge in [0.05, 0.1) is 4.92 Å². The molecule has 0 aliphatic rings. The van der Waals surface area contributed by atoms with Gasteiger partial charge in [-0.3, -0.25) is 10.1 Å². The van der Waals surface area contributed by atoms with Crippen molar-refractivity contribution in [3.63, 3.8) is 0 Å². The summed E-state index contributed by atoms with van der Waals surface area (Å²) in [5, 5.41) is 12.2. The molecule has 0 bridgehead atoms. The minimum Gasteiger partial charge on any atom is -0.432 e. The molecule has 2 aromatic rings. The first kappa shape index (κ1) is 9.45. The lowest BCUT2D eigenvalue weighted by Crippen LogP contribution is -2.07. The Morgan fingerprint density at radius 3 is 2.60 bits per heavy atom. The highest BCUT2D eigenvalue weighted by Crippen LogP contribution is 2.20. The summed E-state index contributed by atoms with van der Waals surface area (Å²) in [5.74, 6) is 0.519. The molecule has 0 radical (unpaired) electrons. The van der Waals surface area contributed by atoms with Gasteiger partial charge in [0.2, 0.25) is 0 Å². The highest BCUT2D eigenvalue weighted by molar-refractivity contribution is 5.83. The Hall–Kier alpha value is -2.10. The Morgan fingerprint density at radius 1 is 1.13 bits per heavy atom. The molecule has 2 aromatic carbocycles. The van der Waals surface area contributed by atoms with Crippen LogP contribution >= 0.6 is 0 Å². The van der Waals surface area contributed by atoms with E-state index in [2.05, 4.69) is 0 Å². The number of nitro groups is 1. The maximum Gasteiger partial charge on any atom is 0.344 e. The Labute approximate surface area is 86.2 Å². The number of hydrogen-bond acceptors (Lipinski definition) is 3. The molecule has 4 heteroatoms. The molecule has 0 aliphatic carbocycles. The van der Waals surface area contributed by atoms with Crippen LogP contribution in [0, 0.1) is 10.1 Å². The van der Waals surface area contributed by atoms with Gasteiger partial charge < -0.3 is 4.74 Å². The van der Waals surface area contributed by atoms with E-state index >= 15 is 0 Å². The van der Waals surface area contributed by atoms with Crippen molar-refractivity contribution >= 4 is 10.8 Å². The molecular weight excluding hydrogens is 194 g/mol. The van der Waals surface area contributed by atoms with Crippen LogP contribution in [0.1, 0.15) is 0 Å². The van der Waals surface area contributed by atoms with Crippen molar-refractivity contribution in [3.05, 3.63) is 52.6 Å². The summed E-state index contributed by atoms with van der Waals surface area (Å²) >= 11 is 0. The van der Waals surface area contributed by atoms with Gasteiger partial charge in [-0.15, -0.1) is 0 Å². The van der Waals surface area contributed by atoms with Gasteiger partial charge in [-0.1, -0.05) is 30.3 Å². The van der Waals surface area contributed by atoms with E-state index in [9.17, 15) is 10.1 Å². The fourth-order valence-corrected chi connectivity index (χ4v) is 1.38. The van der Waals surface area contributed by atoms with Crippen LogP contribution in [0.15, 0.2) is 42.5 Å². The molecule has 0 unspecified atom stereocenters. The quantitative estimate of drug-likeness (QED) is 0.437. The van der Waals surface area contributed by atoms with E-state index in [-0.39, 0.29) is 0 Å². The molecule has 15 heavy (non-hydrogen) atoms. The zero-order chi connectivity index (χ0) is 10.7. The molecule has 0 amide bonds. The van der Waals surface area contributed by atoms with Gasteiger partial charge in [0.15, 0.2) is 0 Å². The minimum atomic E-state index is -0.505. The van der Waals surface area contributed by atoms with Crippen LogP contribution in [0.5, 0.6) is 5.75 Å². The first-order valence-corrected chi connectivity index (χ1v) is 4.49. The zero-order valence-corrected chi connectivity index (χ0v) is 7.92. The van der Waals surface area contributed by atoms with Gasteiger partial charge in [-0.05, 0) is 22.9 Å². The zero-order valence-electron chi connectivity index (χ0n) is 7.92. The largest absolute Gasteiger partial charge is 0.432 e. The van der Waals surface area contributed by atoms with Gasteiger partial charge in [0, 0.05) is 0 Å². The van der Waals surface area contributed by atoms with Crippen LogP contribution in [0.4, 0.5) is 0 Å². The second-order valence-corrected chi connectivity index (χ2v) is 3.12. The molecule has 76 valence electrons. The van der Waals surface area contributed by atoms with Crippen molar-refractivity contribution < 1.29 is 9.66 Å². The predicted octanol–water partition coefficient (Wildman–Crippen LogP) is 2.45. The standard InChI is InChI=1S/C11H9NO3/c13-12(14)8-15-11-6-5-9-3-1-2-4-10(9)7-11/h1-7H,8H2. The van der Waals surface area contributed by atoms with Crippen molar-refractivity contribution in [1.82, 2.24) is 0 Å². The maximum atomic E-state index is 10.1. The van der Waals surface area contributed by atoms with Crippen LogP contribution in [-0.2, 0) is 0 Å². The third-order valence-corrected chi connectivity index (χ3v) is 2.06. The van der Waals surface area contributed by atoms with Crippen LogP contribution < -0.4 is 4.74 Å². The van der Waals surface area contributed by atoms with Crippen molar-refractivity contribution in [3.8, 4) is 5.75 Å². The lowest BCUT2D eigenvalue weighted by molar-refractivity contribution is -0.514. The Kier molecular flexibility index (Phi) is 2.49. The Morgan fingerprint density at radius 2 is 1.87 bits per heavy atom. The van der Waals surface area contributed by atoms with Crippen LogP contribution in [-0.4, -0.2) is 11.7 Å². The average molecular weight is 203 g/mol. The summed E-state index contributed by atoms with van der Waals surface area (Å²) in [7, 11) is 0. The summed E-state index contributed by atoms with van der Waals surface area (Å²) in [5.41, 5.74) is 0. The third-order valence-electron chi connectivity index (χ3n) is 2.06. The van der Waals surface area contributed by atoms with E-state index in [0.29, 0.717) is 5.75 Å². The summed E-state index contributed by atoms with van der Waals surface area (Å²) in [6.07, 6.45) is 0. The van der Waals surface area contributed by atoms with Gasteiger partial charge in [0.1, 0.15) is 5.75 Å². The molecule has 0 fully saturated rings. The molecule has 0 heterocycles. The molecule has 0 N–H and O–H groups in total. The van der Waals surface area contributed by atoms with E-state index in [1.54, 1.807) is 12.1 Å². The summed E-state index contributed by atoms with van der Waals surface area (Å²) in [6.45, 7) is -0.502. The average Bonchev–Trinajstić information content (AvgIpc) is 2.26. The van der Waals surface area contributed by atoms with Gasteiger partial charge >= 0.3 is 6.73 Å². The van der Waals surface area contributed by atoms with E-state index < -0.39 is 11.7 Å². The molecular formula is C11H9NO3. The topological polar surface area (TPSA) is 52.4 Å². The first-order valence-electron chi connectivity index (χ1n) is 4.49. The van der Waals surface area contributed by atoms with Crippen LogP contribution in [0.3, 0.4) is 0 Å². The number of fused-ring (bicyclic) bond motifs is 1. The maximum absolute atomic E-state index is 10.1. The molecule has 0 atom stereocenters. The second kappa shape index (κ2) is 3.96. The van der Waals surface area contributed by atoms with Gasteiger partial charge in [-0.25, -0.2) is 0 Å². The van der Waals surface area contributed by atoms with Crippen LogP contribution in [0.2, 0.25) is 0 Å². The summed E-state index contributed by atoms with van der Waals surface area (Å²) < 4.78 is 4.98. The van der Waals surface area contributed by atoms with E-state index in [4.69, 9.17) is 4.74 Å². The SMILES string of the molecule is O=[N+]([O-])COc1ccc2ccccc2c1. The number of nitrogens with zero attached hydrogens (tertiary/aromatic N) is 1. The number of ether oxygens (including phenoxy) is 1. The molecule has 0 aromatic heterocycles. The van der Waals surface area contributed by atoms with E-state index in [0.717, 1.165) is 10.8 Å². The molecule has 0 aliphatic heterocycles. The fourth-order valence-electron chi connectivity index (χ4n) is 1.38. The van der Waals surface area contributed by atoms with Crippen molar-refractivity contribution in [2.45, 2.75) is 0 Å². The minimum absolute atomic E-state index is 0.502.